The van der Waals surface area contributed by atoms with Gasteiger partial charge in [0.2, 0.25) is 5.91 Å². The number of anilines is 1. The fraction of sp³-hybridized carbons (Fsp3) is 0.407. The minimum atomic E-state index is -0.885. The van der Waals surface area contributed by atoms with Crippen LogP contribution in [0.3, 0.4) is 0 Å². The van der Waals surface area contributed by atoms with Gasteiger partial charge in [-0.3, -0.25) is 19.7 Å². The number of nitrogens with zero attached hydrogens (tertiary/aromatic N) is 2. The number of benzene rings is 2. The molecule has 1 spiro atoms. The van der Waals surface area contributed by atoms with Crippen LogP contribution in [-0.2, 0) is 33.6 Å². The molecule has 1 aliphatic heterocycles. The molecule has 0 saturated carbocycles. The van der Waals surface area contributed by atoms with Crippen LogP contribution in [0.25, 0.3) is 0 Å². The number of carbonyl (C=O) groups is 4. The molecule has 7 nitrogen and oxygen atoms in total. The van der Waals surface area contributed by atoms with Gasteiger partial charge in [-0.2, -0.15) is 0 Å². The quantitative estimate of drug-likeness (QED) is 0.641. The number of hydrogen-bond donors (Lipinski definition) is 1. The molecule has 1 aliphatic carbocycles. The third-order valence-electron chi connectivity index (χ3n) is 7.34. The summed E-state index contributed by atoms with van der Waals surface area (Å²) in [5.41, 5.74) is 2.07. The number of hydrogen-bond acceptors (Lipinski definition) is 4. The minimum absolute atomic E-state index is 0.00700. The molecule has 1 N–H and O–H groups in total. The third kappa shape index (κ3) is 4.11. The molecule has 4 rings (SSSR count). The van der Waals surface area contributed by atoms with Crippen LogP contribution in [0.5, 0.6) is 0 Å². The summed E-state index contributed by atoms with van der Waals surface area (Å²) < 4.78 is 0. The first-order chi connectivity index (χ1) is 16.1. The van der Waals surface area contributed by atoms with Crippen LogP contribution in [0.4, 0.5) is 10.5 Å². The van der Waals surface area contributed by atoms with Crippen LogP contribution in [0.1, 0.15) is 43.9 Å². The van der Waals surface area contributed by atoms with Gasteiger partial charge in [0.25, 0.3) is 5.91 Å². The lowest BCUT2D eigenvalue weighted by Gasteiger charge is -2.31. The predicted octanol–water partition coefficient (Wildman–Crippen LogP) is 3.29. The highest BCUT2D eigenvalue weighted by Gasteiger charge is 2.54. The molecule has 7 heteroatoms. The van der Waals surface area contributed by atoms with Crippen molar-refractivity contribution in [2.75, 3.05) is 18.5 Å². The molecule has 2 aromatic rings. The molecular weight excluding hydrogens is 430 g/mol. The van der Waals surface area contributed by atoms with E-state index in [1.165, 1.54) is 4.90 Å². The minimum Gasteiger partial charge on any atom is -0.312 e. The number of amides is 4. The zero-order valence-electron chi connectivity index (χ0n) is 20.2. The van der Waals surface area contributed by atoms with E-state index in [0.29, 0.717) is 24.9 Å². The summed E-state index contributed by atoms with van der Waals surface area (Å²) in [4.78, 5) is 53.9. The van der Waals surface area contributed by atoms with Crippen molar-refractivity contribution in [1.29, 1.82) is 0 Å². The second-order valence-electron chi connectivity index (χ2n) is 9.99. The van der Waals surface area contributed by atoms with Crippen molar-refractivity contribution in [3.8, 4) is 0 Å². The van der Waals surface area contributed by atoms with Gasteiger partial charge in [-0.15, -0.1) is 0 Å². The van der Waals surface area contributed by atoms with Gasteiger partial charge in [0.1, 0.15) is 5.54 Å². The molecule has 1 fully saturated rings. The van der Waals surface area contributed by atoms with E-state index in [9.17, 15) is 19.2 Å². The number of imide groups is 1. The first-order valence-electron chi connectivity index (χ1n) is 11.7. The third-order valence-corrected chi connectivity index (χ3v) is 7.34. The Morgan fingerprint density at radius 2 is 1.74 bits per heavy atom. The van der Waals surface area contributed by atoms with Crippen LogP contribution in [0, 0.1) is 5.41 Å². The standard InChI is InChI=1S/C27H31N3O4/c1-5-26(2,3)24(33)30(21-9-7-6-8-10-21)17-22(31)14-18-11-12-19-15-27(16-20(19)13-18)23(32)28-25(34)29(27)4/h6-13H,5,14-17H2,1-4H3,(H,28,32,34). The molecular formula is C27H31N3O4. The Kier molecular flexibility index (Phi) is 6.06. The van der Waals surface area contributed by atoms with Gasteiger partial charge in [0.05, 0.1) is 6.54 Å². The van der Waals surface area contributed by atoms with Gasteiger partial charge in [-0.05, 0) is 35.2 Å². The number of rotatable bonds is 7. The SMILES string of the molecule is CCC(C)(C)C(=O)N(CC(=O)Cc1ccc2c(c1)CC1(C2)C(=O)NC(=O)N1C)c1ccccc1. The maximum absolute atomic E-state index is 13.3. The number of carbonyl (C=O) groups excluding carboxylic acids is 4. The second kappa shape index (κ2) is 8.70. The lowest BCUT2D eigenvalue weighted by molar-refractivity contribution is -0.128. The maximum Gasteiger partial charge on any atom is 0.324 e. The normalized spacial score (nSPS) is 19.4. The molecule has 1 heterocycles. The number of nitrogens with one attached hydrogen (secondary N) is 1. The van der Waals surface area contributed by atoms with Crippen molar-refractivity contribution in [3.63, 3.8) is 0 Å². The van der Waals surface area contributed by atoms with E-state index < -0.39 is 11.0 Å². The lowest BCUT2D eigenvalue weighted by Crippen LogP contribution is -2.48. The zero-order valence-corrected chi connectivity index (χ0v) is 20.2. The van der Waals surface area contributed by atoms with E-state index in [4.69, 9.17) is 0 Å². The number of ketones is 1. The monoisotopic (exact) mass is 461 g/mol. The van der Waals surface area contributed by atoms with Crippen molar-refractivity contribution < 1.29 is 19.2 Å². The van der Waals surface area contributed by atoms with E-state index in [0.717, 1.165) is 16.7 Å². The smallest absolute Gasteiger partial charge is 0.312 e. The number of Topliss-reactive ketones (excluding diaryl/α,β-unsaturated/α-hetero) is 1. The molecule has 2 aromatic carbocycles. The summed E-state index contributed by atoms with van der Waals surface area (Å²) in [6.07, 6.45) is 1.75. The molecule has 1 unspecified atom stereocenters. The fourth-order valence-electron chi connectivity index (χ4n) is 4.73. The topological polar surface area (TPSA) is 86.8 Å². The van der Waals surface area contributed by atoms with Crippen LogP contribution in [-0.4, -0.2) is 47.7 Å². The average Bonchev–Trinajstić information content (AvgIpc) is 3.30. The van der Waals surface area contributed by atoms with Crippen LogP contribution in [0.2, 0.25) is 0 Å². The average molecular weight is 462 g/mol. The molecule has 34 heavy (non-hydrogen) atoms. The Hall–Kier alpha value is -3.48. The van der Waals surface area contributed by atoms with E-state index in [2.05, 4.69) is 5.32 Å². The second-order valence-corrected chi connectivity index (χ2v) is 9.99. The molecule has 1 saturated heterocycles. The number of likely N-dealkylation sites (N-methyl/N-ethyl adjacent to an activating group) is 1. The molecule has 2 aliphatic rings. The Balaban J connectivity index is 1.51. The summed E-state index contributed by atoms with van der Waals surface area (Å²) in [5.74, 6) is -0.419. The highest BCUT2D eigenvalue weighted by molar-refractivity contribution is 6.07. The van der Waals surface area contributed by atoms with E-state index in [-0.39, 0.29) is 36.6 Å². The zero-order chi connectivity index (χ0) is 24.7. The van der Waals surface area contributed by atoms with Crippen LogP contribution < -0.4 is 10.2 Å². The van der Waals surface area contributed by atoms with Crippen molar-refractivity contribution >= 4 is 29.3 Å². The van der Waals surface area contributed by atoms with E-state index in [1.807, 2.05) is 69.3 Å². The first-order valence-corrected chi connectivity index (χ1v) is 11.7. The molecule has 1 atom stereocenters. The Morgan fingerprint density at radius 3 is 2.35 bits per heavy atom. The van der Waals surface area contributed by atoms with Crippen molar-refractivity contribution in [3.05, 3.63) is 65.2 Å². The summed E-state index contributed by atoms with van der Waals surface area (Å²) in [6, 6.07) is 14.7. The highest BCUT2D eigenvalue weighted by atomic mass is 16.2. The van der Waals surface area contributed by atoms with Gasteiger partial charge >= 0.3 is 6.03 Å². The van der Waals surface area contributed by atoms with E-state index >= 15 is 0 Å². The Morgan fingerprint density at radius 1 is 1.06 bits per heavy atom. The molecule has 0 bridgehead atoms. The predicted molar refractivity (Wildman–Crippen MR) is 129 cm³/mol. The van der Waals surface area contributed by atoms with Crippen molar-refractivity contribution in [2.45, 2.75) is 52.0 Å². The molecule has 0 radical (unpaired) electrons. The molecule has 4 amide bonds. The summed E-state index contributed by atoms with van der Waals surface area (Å²) in [7, 11) is 1.64. The van der Waals surface area contributed by atoms with Gasteiger partial charge < -0.3 is 9.80 Å². The first kappa shape index (κ1) is 23.7. The van der Waals surface area contributed by atoms with Gasteiger partial charge in [-0.25, -0.2) is 4.79 Å². The largest absolute Gasteiger partial charge is 0.324 e. The fourth-order valence-corrected chi connectivity index (χ4v) is 4.73. The van der Waals surface area contributed by atoms with Crippen LogP contribution in [0.15, 0.2) is 48.5 Å². The van der Waals surface area contributed by atoms with Gasteiger partial charge in [0, 0.05) is 37.4 Å². The van der Waals surface area contributed by atoms with E-state index in [1.54, 1.807) is 11.9 Å². The number of para-hydroxylation sites is 1. The van der Waals surface area contributed by atoms with Crippen LogP contribution >= 0.6 is 0 Å². The summed E-state index contributed by atoms with van der Waals surface area (Å²) in [5, 5.41) is 2.40. The maximum atomic E-state index is 13.3. The van der Waals surface area contributed by atoms with Gasteiger partial charge in [0.15, 0.2) is 5.78 Å². The Bertz CT molecular complexity index is 1160. The summed E-state index contributed by atoms with van der Waals surface area (Å²) in [6.45, 7) is 5.75. The molecule has 0 aromatic heterocycles. The summed E-state index contributed by atoms with van der Waals surface area (Å²) >= 11 is 0. The number of urea groups is 1. The number of fused-ring (bicyclic) bond motifs is 1. The molecule has 178 valence electrons. The highest BCUT2D eigenvalue weighted by Crippen LogP contribution is 2.37. The Labute approximate surface area is 200 Å². The lowest BCUT2D eigenvalue weighted by atomic mass is 9.88. The van der Waals surface area contributed by atoms with Gasteiger partial charge in [-0.1, -0.05) is 57.2 Å². The van der Waals surface area contributed by atoms with Crippen molar-refractivity contribution in [2.24, 2.45) is 5.41 Å². The van der Waals surface area contributed by atoms with Crippen molar-refractivity contribution in [1.82, 2.24) is 10.2 Å².